The Morgan fingerprint density at radius 2 is 1.71 bits per heavy atom. The molecule has 4 saturated heterocycles. The molecule has 1 atom stereocenters. The van der Waals surface area contributed by atoms with Crippen LogP contribution in [0.3, 0.4) is 0 Å². The number of aryl methyl sites for hydroxylation is 1. The molecule has 0 unspecified atom stereocenters. The number of ether oxygens (including phenoxy) is 1. The highest BCUT2D eigenvalue weighted by Crippen LogP contribution is 2.35. The summed E-state index contributed by atoms with van der Waals surface area (Å²) >= 11 is 0. The van der Waals surface area contributed by atoms with Crippen molar-refractivity contribution < 1.29 is 28.3 Å². The lowest BCUT2D eigenvalue weighted by molar-refractivity contribution is -0.134. The Labute approximate surface area is 326 Å². The first-order chi connectivity index (χ1) is 27.2. The average Bonchev–Trinajstić information content (AvgIpc) is 3.85. The fourth-order valence-electron chi connectivity index (χ4n) is 8.64. The van der Waals surface area contributed by atoms with Gasteiger partial charge in [-0.15, -0.1) is 0 Å². The standard InChI is InChI=1S/C41H51N9O6/c1-26-23-42-41(56-26)40(54)44-34-20-28-25-50(46-33(28)22-35(34)49-14-4-3-5-15-49)29-12-16-47(17-13-29)24-27-10-18-48(19-11-27)30-6-7-31(36(21-30)55-2)38(52)43-32-8-9-37(51)45-39(32)53/h6-7,20-23,25,27,29,32H,3-5,8-19,24H2,1-2H3,(H,43,52)(H,44,54)(H,45,51,53)/t32-/m0/s1. The minimum atomic E-state index is -0.745. The van der Waals surface area contributed by atoms with E-state index in [4.69, 9.17) is 14.3 Å². The van der Waals surface area contributed by atoms with Gasteiger partial charge in [0.1, 0.15) is 17.6 Å². The molecule has 15 nitrogen and oxygen atoms in total. The van der Waals surface area contributed by atoms with Gasteiger partial charge in [0.05, 0.1) is 41.8 Å². The molecule has 4 fully saturated rings. The molecular weight excluding hydrogens is 715 g/mol. The molecule has 4 aromatic rings. The van der Waals surface area contributed by atoms with Crippen molar-refractivity contribution in [2.45, 2.75) is 76.8 Å². The number of nitrogens with one attached hydrogen (secondary N) is 3. The summed E-state index contributed by atoms with van der Waals surface area (Å²) in [7, 11) is 1.54. The largest absolute Gasteiger partial charge is 0.496 e. The predicted octanol–water partition coefficient (Wildman–Crippen LogP) is 4.67. The molecule has 0 spiro atoms. The number of rotatable bonds is 10. The van der Waals surface area contributed by atoms with Crippen LogP contribution in [0.4, 0.5) is 17.1 Å². The van der Waals surface area contributed by atoms with Crippen molar-refractivity contribution in [3.63, 3.8) is 0 Å². The van der Waals surface area contributed by atoms with Crippen molar-refractivity contribution in [3.05, 3.63) is 59.9 Å². The Kier molecular flexibility index (Phi) is 10.9. The van der Waals surface area contributed by atoms with Gasteiger partial charge >= 0.3 is 5.91 Å². The van der Waals surface area contributed by atoms with Gasteiger partial charge in [-0.1, -0.05) is 0 Å². The number of carbonyl (C=O) groups excluding carboxylic acids is 4. The van der Waals surface area contributed by atoms with E-state index in [0.717, 1.165) is 112 Å². The first-order valence-corrected chi connectivity index (χ1v) is 20.0. The third kappa shape index (κ3) is 8.23. The van der Waals surface area contributed by atoms with Gasteiger partial charge in [-0.25, -0.2) is 4.98 Å². The zero-order valence-electron chi connectivity index (χ0n) is 32.2. The maximum absolute atomic E-state index is 13.1. The van der Waals surface area contributed by atoms with Gasteiger partial charge in [0, 0.05) is 75.6 Å². The van der Waals surface area contributed by atoms with Crippen molar-refractivity contribution in [3.8, 4) is 5.75 Å². The average molecular weight is 766 g/mol. The SMILES string of the molecule is COc1cc(N2CCC(CN3CCC(n4cc5cc(NC(=O)c6ncc(C)o6)c(N6CCCCC6)cc5n4)CC3)CC2)ccc1C(=O)N[C@H]1CCC(=O)NC1=O. The van der Waals surface area contributed by atoms with Crippen molar-refractivity contribution in [1.29, 1.82) is 0 Å². The summed E-state index contributed by atoms with van der Waals surface area (Å²) < 4.78 is 13.2. The number of amides is 4. The lowest BCUT2D eigenvalue weighted by Crippen LogP contribution is -2.52. The van der Waals surface area contributed by atoms with Gasteiger partial charge in [-0.3, -0.25) is 29.2 Å². The van der Waals surface area contributed by atoms with Gasteiger partial charge in [0.15, 0.2) is 0 Å². The molecule has 3 N–H and O–H groups in total. The molecule has 8 rings (SSSR count). The Balaban J connectivity index is 0.848. The Morgan fingerprint density at radius 3 is 2.43 bits per heavy atom. The summed E-state index contributed by atoms with van der Waals surface area (Å²) in [4.78, 5) is 61.2. The number of imide groups is 1. The first kappa shape index (κ1) is 37.5. The molecular formula is C41H51N9O6. The van der Waals surface area contributed by atoms with E-state index in [0.29, 0.717) is 29.0 Å². The smallest absolute Gasteiger partial charge is 0.311 e. The fraction of sp³-hybridized carbons (Fsp3) is 0.512. The molecule has 4 aliphatic rings. The van der Waals surface area contributed by atoms with Crippen LogP contribution in [0.15, 0.2) is 47.1 Å². The van der Waals surface area contributed by atoms with Crippen LogP contribution in [-0.2, 0) is 9.59 Å². The van der Waals surface area contributed by atoms with Crippen molar-refractivity contribution in [2.24, 2.45) is 5.92 Å². The number of carbonyl (C=O) groups is 4. The highest BCUT2D eigenvalue weighted by molar-refractivity contribution is 6.06. The quantitative estimate of drug-likeness (QED) is 0.192. The molecule has 2 aromatic heterocycles. The van der Waals surface area contributed by atoms with E-state index >= 15 is 0 Å². The second kappa shape index (κ2) is 16.3. The zero-order valence-corrected chi connectivity index (χ0v) is 32.2. The number of piperidine rings is 4. The van der Waals surface area contributed by atoms with Crippen LogP contribution in [0.25, 0.3) is 10.9 Å². The number of anilines is 3. The summed E-state index contributed by atoms with van der Waals surface area (Å²) in [6, 6.07) is 9.33. The lowest BCUT2D eigenvalue weighted by atomic mass is 9.94. The molecule has 0 radical (unpaired) electrons. The molecule has 296 valence electrons. The van der Waals surface area contributed by atoms with Crippen molar-refractivity contribution in [2.75, 3.05) is 68.0 Å². The number of methoxy groups -OCH3 is 1. The van der Waals surface area contributed by atoms with Crippen LogP contribution in [-0.4, -0.2) is 102 Å². The maximum atomic E-state index is 13.1. The van der Waals surface area contributed by atoms with Gasteiger partial charge in [0.25, 0.3) is 11.8 Å². The van der Waals surface area contributed by atoms with Crippen LogP contribution in [0, 0.1) is 12.8 Å². The van der Waals surface area contributed by atoms with Crippen molar-refractivity contribution in [1.82, 2.24) is 30.3 Å². The molecule has 2 aromatic carbocycles. The van der Waals surface area contributed by atoms with E-state index in [1.807, 2.05) is 18.2 Å². The summed E-state index contributed by atoms with van der Waals surface area (Å²) in [6.07, 6.45) is 11.8. The van der Waals surface area contributed by atoms with Gasteiger partial charge in [-0.2, -0.15) is 5.10 Å². The predicted molar refractivity (Wildman–Crippen MR) is 211 cm³/mol. The van der Waals surface area contributed by atoms with E-state index < -0.39 is 17.9 Å². The van der Waals surface area contributed by atoms with E-state index in [9.17, 15) is 19.2 Å². The second-order valence-electron chi connectivity index (χ2n) is 15.6. The van der Waals surface area contributed by atoms with Crippen LogP contribution in [0.5, 0.6) is 5.75 Å². The summed E-state index contributed by atoms with van der Waals surface area (Å²) in [6.45, 7) is 8.64. The topological polar surface area (TPSA) is 167 Å². The molecule has 4 amide bonds. The summed E-state index contributed by atoms with van der Waals surface area (Å²) in [5.41, 5.74) is 4.05. The summed E-state index contributed by atoms with van der Waals surface area (Å²) in [5.74, 6) is 0.160. The summed E-state index contributed by atoms with van der Waals surface area (Å²) in [5, 5.41) is 14.2. The second-order valence-corrected chi connectivity index (χ2v) is 15.6. The molecule has 56 heavy (non-hydrogen) atoms. The molecule has 4 aliphatic heterocycles. The highest BCUT2D eigenvalue weighted by atomic mass is 16.5. The molecule has 0 saturated carbocycles. The Morgan fingerprint density at radius 1 is 0.929 bits per heavy atom. The third-order valence-corrected chi connectivity index (χ3v) is 11.8. The van der Waals surface area contributed by atoms with Crippen LogP contribution < -0.4 is 30.5 Å². The van der Waals surface area contributed by atoms with Gasteiger partial charge < -0.3 is 34.5 Å². The van der Waals surface area contributed by atoms with Crippen molar-refractivity contribution >= 4 is 51.6 Å². The Hall–Kier alpha value is -5.44. The number of hydrogen-bond donors (Lipinski definition) is 3. The number of likely N-dealkylation sites (tertiary alicyclic amines) is 1. The molecule has 0 bridgehead atoms. The van der Waals surface area contributed by atoms with E-state index in [-0.39, 0.29) is 30.5 Å². The monoisotopic (exact) mass is 765 g/mol. The molecule has 6 heterocycles. The third-order valence-electron chi connectivity index (χ3n) is 11.8. The molecule has 0 aliphatic carbocycles. The zero-order chi connectivity index (χ0) is 38.8. The van der Waals surface area contributed by atoms with Crippen LogP contribution >= 0.6 is 0 Å². The number of aromatic nitrogens is 3. The van der Waals surface area contributed by atoms with Crippen LogP contribution in [0.2, 0.25) is 0 Å². The normalized spacial score (nSPS) is 20.3. The minimum Gasteiger partial charge on any atom is -0.496 e. The number of fused-ring (bicyclic) bond motifs is 1. The number of oxazole rings is 1. The van der Waals surface area contributed by atoms with Crippen LogP contribution in [0.1, 0.15) is 90.6 Å². The number of hydrogen-bond acceptors (Lipinski definition) is 11. The number of nitrogens with zero attached hydrogens (tertiary/aromatic N) is 6. The van der Waals surface area contributed by atoms with E-state index in [1.54, 1.807) is 26.3 Å². The minimum absolute atomic E-state index is 0.0595. The first-order valence-electron chi connectivity index (χ1n) is 20.0. The van der Waals surface area contributed by atoms with E-state index in [2.05, 4.69) is 52.6 Å². The highest BCUT2D eigenvalue weighted by Gasteiger charge is 2.30. The Bertz CT molecular complexity index is 2090. The van der Waals surface area contributed by atoms with Gasteiger partial charge in [-0.05, 0) is 88.5 Å². The lowest BCUT2D eigenvalue weighted by Gasteiger charge is -2.38. The number of benzene rings is 2. The fourth-order valence-corrected chi connectivity index (χ4v) is 8.64. The van der Waals surface area contributed by atoms with Gasteiger partial charge in [0.2, 0.25) is 11.8 Å². The molecule has 15 heteroatoms. The maximum Gasteiger partial charge on any atom is 0.311 e. The van der Waals surface area contributed by atoms with E-state index in [1.165, 1.54) is 6.42 Å².